The van der Waals surface area contributed by atoms with Crippen LogP contribution in [0.2, 0.25) is 0 Å². The van der Waals surface area contributed by atoms with E-state index in [1.807, 2.05) is 19.1 Å². The molecular weight excluding hydrogens is 288 g/mol. The van der Waals surface area contributed by atoms with Crippen LogP contribution in [0, 0.1) is 10.1 Å². The Kier molecular flexibility index (Phi) is 4.59. The third-order valence-corrected chi connectivity index (χ3v) is 3.58. The number of hydrogen-bond donors (Lipinski definition) is 0. The second-order valence-corrected chi connectivity index (χ2v) is 5.18. The van der Waals surface area contributed by atoms with Gasteiger partial charge in [-0.25, -0.2) is 0 Å². The van der Waals surface area contributed by atoms with Gasteiger partial charge < -0.3 is 9.32 Å². The zero-order valence-electron chi connectivity index (χ0n) is 12.7. The average molecular weight is 306 g/mol. The minimum Gasteiger partial charge on any atom is -0.469 e. The fourth-order valence-corrected chi connectivity index (χ4v) is 2.13. The number of aryl methyl sites for hydroxylation is 2. The van der Waals surface area contributed by atoms with E-state index < -0.39 is 10.8 Å². The summed E-state index contributed by atoms with van der Waals surface area (Å²) in [5, 5.41) is 14.9. The van der Waals surface area contributed by atoms with Crippen molar-refractivity contribution in [2.24, 2.45) is 7.05 Å². The van der Waals surface area contributed by atoms with E-state index in [2.05, 4.69) is 5.10 Å². The van der Waals surface area contributed by atoms with Crippen molar-refractivity contribution in [2.75, 3.05) is 7.05 Å². The van der Waals surface area contributed by atoms with Gasteiger partial charge >= 0.3 is 5.69 Å². The molecule has 0 saturated carbocycles. The number of nitro groups is 1. The highest BCUT2D eigenvalue weighted by Crippen LogP contribution is 2.19. The molecule has 22 heavy (non-hydrogen) atoms. The number of hydrogen-bond acceptors (Lipinski definition) is 5. The second-order valence-electron chi connectivity index (χ2n) is 5.18. The van der Waals surface area contributed by atoms with E-state index in [4.69, 9.17) is 4.42 Å². The molecule has 2 aromatic heterocycles. The lowest BCUT2D eigenvalue weighted by Gasteiger charge is -2.23. The van der Waals surface area contributed by atoms with Crippen LogP contribution in [0.5, 0.6) is 0 Å². The van der Waals surface area contributed by atoms with Crippen molar-refractivity contribution in [1.82, 2.24) is 14.7 Å². The van der Waals surface area contributed by atoms with Gasteiger partial charge in [0.15, 0.2) is 0 Å². The first kappa shape index (κ1) is 15.7. The Morgan fingerprint density at radius 2 is 2.32 bits per heavy atom. The molecule has 0 aliphatic heterocycles. The molecule has 118 valence electrons. The topological polar surface area (TPSA) is 94.4 Å². The van der Waals surface area contributed by atoms with Gasteiger partial charge in [-0.3, -0.25) is 19.6 Å². The maximum atomic E-state index is 12.4. The molecule has 1 unspecified atom stereocenters. The molecule has 0 aliphatic rings. The molecule has 0 N–H and O–H groups in total. The Bertz CT molecular complexity index is 662. The summed E-state index contributed by atoms with van der Waals surface area (Å²) in [5.41, 5.74) is -0.419. The zero-order chi connectivity index (χ0) is 16.3. The lowest BCUT2D eigenvalue weighted by molar-refractivity contribution is -0.385. The monoisotopic (exact) mass is 306 g/mol. The molecular formula is C14H18N4O4. The number of furan rings is 1. The predicted molar refractivity (Wildman–Crippen MR) is 78.4 cm³/mol. The number of amides is 1. The van der Waals surface area contributed by atoms with Crippen LogP contribution in [0.15, 0.2) is 29.0 Å². The van der Waals surface area contributed by atoms with Gasteiger partial charge in [0, 0.05) is 26.6 Å². The lowest BCUT2D eigenvalue weighted by Crippen LogP contribution is -2.36. The Labute approximate surface area is 127 Å². The minimum atomic E-state index is -0.596. The van der Waals surface area contributed by atoms with Crippen LogP contribution in [0.25, 0.3) is 0 Å². The van der Waals surface area contributed by atoms with Crippen molar-refractivity contribution >= 4 is 11.6 Å². The molecule has 0 saturated heterocycles. The molecule has 1 amide bonds. The molecule has 0 bridgehead atoms. The van der Waals surface area contributed by atoms with Crippen LogP contribution in [-0.4, -0.2) is 38.6 Å². The fraction of sp³-hybridized carbons (Fsp3) is 0.429. The molecule has 0 aliphatic carbocycles. The number of rotatable bonds is 6. The molecule has 0 aromatic carbocycles. The van der Waals surface area contributed by atoms with Gasteiger partial charge in [-0.05, 0) is 25.5 Å². The minimum absolute atomic E-state index is 0.0980. The van der Waals surface area contributed by atoms with E-state index in [1.165, 1.54) is 15.8 Å². The Morgan fingerprint density at radius 3 is 2.91 bits per heavy atom. The number of nitrogens with zero attached hydrogens (tertiary/aromatic N) is 4. The molecule has 2 aromatic rings. The molecule has 0 spiro atoms. The van der Waals surface area contributed by atoms with Crippen LogP contribution in [0.1, 0.15) is 29.6 Å². The van der Waals surface area contributed by atoms with Crippen LogP contribution in [0.4, 0.5) is 5.69 Å². The molecule has 2 rings (SSSR count). The highest BCUT2D eigenvalue weighted by atomic mass is 16.6. The quantitative estimate of drug-likeness (QED) is 0.601. The zero-order valence-corrected chi connectivity index (χ0v) is 12.7. The fourth-order valence-electron chi connectivity index (χ4n) is 2.13. The van der Waals surface area contributed by atoms with Gasteiger partial charge in [-0.2, -0.15) is 5.10 Å². The first-order chi connectivity index (χ1) is 10.4. The van der Waals surface area contributed by atoms with Gasteiger partial charge in [0.1, 0.15) is 12.0 Å². The van der Waals surface area contributed by atoms with Crippen molar-refractivity contribution in [2.45, 2.75) is 25.8 Å². The van der Waals surface area contributed by atoms with Gasteiger partial charge in [0.05, 0.1) is 11.2 Å². The van der Waals surface area contributed by atoms with E-state index in [0.29, 0.717) is 12.8 Å². The number of aromatic nitrogens is 2. The molecule has 2 heterocycles. The third kappa shape index (κ3) is 3.33. The molecule has 1 atom stereocenters. The molecule has 0 radical (unpaired) electrons. The van der Waals surface area contributed by atoms with Crippen molar-refractivity contribution in [3.63, 3.8) is 0 Å². The Balaban J connectivity index is 2.06. The van der Waals surface area contributed by atoms with E-state index in [0.717, 1.165) is 5.76 Å². The summed E-state index contributed by atoms with van der Waals surface area (Å²) in [7, 11) is 3.16. The van der Waals surface area contributed by atoms with Crippen LogP contribution in [0.3, 0.4) is 0 Å². The highest BCUT2D eigenvalue weighted by molar-refractivity contribution is 5.96. The maximum Gasteiger partial charge on any atom is 0.320 e. The Hall–Kier alpha value is -2.64. The van der Waals surface area contributed by atoms with E-state index in [-0.39, 0.29) is 17.4 Å². The van der Waals surface area contributed by atoms with Crippen LogP contribution >= 0.6 is 0 Å². The summed E-state index contributed by atoms with van der Waals surface area (Å²) < 4.78 is 6.52. The predicted octanol–water partition coefficient (Wildman–Crippen LogP) is 2.01. The summed E-state index contributed by atoms with van der Waals surface area (Å²) >= 11 is 0. The largest absolute Gasteiger partial charge is 0.469 e. The summed E-state index contributed by atoms with van der Waals surface area (Å²) in [5.74, 6) is 0.385. The van der Waals surface area contributed by atoms with Gasteiger partial charge in [0.2, 0.25) is 5.69 Å². The smallest absolute Gasteiger partial charge is 0.320 e. The van der Waals surface area contributed by atoms with E-state index >= 15 is 0 Å². The van der Waals surface area contributed by atoms with E-state index in [9.17, 15) is 14.9 Å². The van der Waals surface area contributed by atoms with E-state index in [1.54, 1.807) is 20.4 Å². The molecule has 8 heteroatoms. The normalized spacial score (nSPS) is 12.1. The standard InChI is InChI=1S/C14H18N4O4/c1-10(6-7-11-5-4-8-22-11)17(3)14(19)13-12(18(20)21)9-16(2)15-13/h4-5,8-10H,6-7H2,1-3H3. The summed E-state index contributed by atoms with van der Waals surface area (Å²) in [4.78, 5) is 24.3. The van der Waals surface area contributed by atoms with Crippen LogP contribution < -0.4 is 0 Å². The number of carbonyl (C=O) groups excluding carboxylic acids is 1. The van der Waals surface area contributed by atoms with Crippen LogP contribution in [-0.2, 0) is 13.5 Å². The third-order valence-electron chi connectivity index (χ3n) is 3.58. The molecule has 0 fully saturated rings. The number of carbonyl (C=O) groups is 1. The maximum absolute atomic E-state index is 12.4. The Morgan fingerprint density at radius 1 is 1.59 bits per heavy atom. The summed E-state index contributed by atoms with van der Waals surface area (Å²) in [6, 6.07) is 3.59. The summed E-state index contributed by atoms with van der Waals surface area (Å²) in [6.45, 7) is 1.88. The van der Waals surface area contributed by atoms with Crippen molar-refractivity contribution < 1.29 is 14.1 Å². The van der Waals surface area contributed by atoms with Crippen molar-refractivity contribution in [3.05, 3.63) is 46.2 Å². The van der Waals surface area contributed by atoms with Gasteiger partial charge in [-0.1, -0.05) is 0 Å². The SMILES string of the molecule is CC(CCc1ccco1)N(C)C(=O)c1nn(C)cc1[N+](=O)[O-]. The highest BCUT2D eigenvalue weighted by Gasteiger charge is 2.29. The first-order valence-electron chi connectivity index (χ1n) is 6.87. The van der Waals surface area contributed by atoms with Crippen molar-refractivity contribution in [3.8, 4) is 0 Å². The summed E-state index contributed by atoms with van der Waals surface area (Å²) in [6.07, 6.45) is 4.22. The van der Waals surface area contributed by atoms with Crippen molar-refractivity contribution in [1.29, 1.82) is 0 Å². The first-order valence-corrected chi connectivity index (χ1v) is 6.87. The second kappa shape index (κ2) is 6.42. The van der Waals surface area contributed by atoms with Gasteiger partial charge in [0.25, 0.3) is 5.91 Å². The molecule has 8 nitrogen and oxygen atoms in total. The van der Waals surface area contributed by atoms with Gasteiger partial charge in [-0.15, -0.1) is 0 Å². The lowest BCUT2D eigenvalue weighted by atomic mass is 10.1. The average Bonchev–Trinajstić information content (AvgIpc) is 3.12.